The molecule has 4 aromatic rings. The number of esters is 2. The van der Waals surface area contributed by atoms with Gasteiger partial charge in [-0.05, 0) is 56.7 Å². The van der Waals surface area contributed by atoms with Crippen LogP contribution in [0.25, 0.3) is 0 Å². The number of rotatable bonds is 12. The summed E-state index contributed by atoms with van der Waals surface area (Å²) in [5.74, 6) is -2.63. The molecule has 1 aliphatic heterocycles. The summed E-state index contributed by atoms with van der Waals surface area (Å²) in [6.45, 7) is 4.66. The fraction of sp³-hybridized carbons (Fsp3) is 0.278. The average molecular weight is 678 g/mol. The number of ether oxygens (including phenoxy) is 2. The van der Waals surface area contributed by atoms with Crippen molar-refractivity contribution < 1.29 is 36.3 Å². The molecule has 0 amide bonds. The largest absolute Gasteiger partial charge is 0.465 e. The Kier molecular flexibility index (Phi) is 10.9. The Bertz CT molecular complexity index is 1870. The van der Waals surface area contributed by atoms with Gasteiger partial charge in [-0.2, -0.15) is 0 Å². The van der Waals surface area contributed by atoms with Crippen LogP contribution >= 0.6 is 0 Å². The van der Waals surface area contributed by atoms with Gasteiger partial charge in [-0.3, -0.25) is 24.1 Å². The quantitative estimate of drug-likeness (QED) is 0.179. The van der Waals surface area contributed by atoms with Crippen LogP contribution in [0, 0.1) is 18.6 Å². The van der Waals surface area contributed by atoms with E-state index >= 15 is 8.78 Å². The Morgan fingerprint density at radius 2 is 1.35 bits per heavy atom. The summed E-state index contributed by atoms with van der Waals surface area (Å²) < 4.78 is 71.8. The minimum absolute atomic E-state index is 0.00232. The van der Waals surface area contributed by atoms with E-state index in [1.54, 1.807) is 67.3 Å². The Labute approximate surface area is 279 Å². The van der Waals surface area contributed by atoms with Crippen molar-refractivity contribution in [3.63, 3.8) is 0 Å². The molecule has 0 saturated carbocycles. The molecule has 3 atom stereocenters. The van der Waals surface area contributed by atoms with Gasteiger partial charge < -0.3 is 9.47 Å². The number of benzene rings is 4. The van der Waals surface area contributed by atoms with Gasteiger partial charge in [-0.15, -0.1) is 0 Å². The van der Waals surface area contributed by atoms with Gasteiger partial charge in [0.2, 0.25) is 0 Å². The Balaban J connectivity index is 1.68. The van der Waals surface area contributed by atoms with E-state index in [1.165, 1.54) is 53.4 Å². The summed E-state index contributed by atoms with van der Waals surface area (Å²) >= 11 is 0. The van der Waals surface area contributed by atoms with Crippen molar-refractivity contribution in [1.82, 2.24) is 9.80 Å². The molecule has 1 saturated heterocycles. The van der Waals surface area contributed by atoms with E-state index in [-0.39, 0.29) is 41.5 Å². The van der Waals surface area contributed by atoms with Crippen molar-refractivity contribution in [2.24, 2.45) is 0 Å². The number of sulfonamides is 1. The van der Waals surface area contributed by atoms with Crippen LogP contribution in [0.3, 0.4) is 0 Å². The third-order valence-electron chi connectivity index (χ3n) is 8.14. The van der Waals surface area contributed by atoms with Gasteiger partial charge in [0, 0.05) is 17.7 Å². The van der Waals surface area contributed by atoms with E-state index in [2.05, 4.69) is 4.72 Å². The molecule has 0 spiro atoms. The van der Waals surface area contributed by atoms with Crippen LogP contribution in [0.15, 0.2) is 102 Å². The Hall–Kier alpha value is -4.65. The first-order chi connectivity index (χ1) is 23.1. The number of aryl methyl sites for hydroxylation is 1. The highest BCUT2D eigenvalue weighted by Crippen LogP contribution is 2.48. The highest BCUT2D eigenvalue weighted by Gasteiger charge is 2.54. The van der Waals surface area contributed by atoms with Crippen LogP contribution < -0.4 is 4.72 Å². The number of hydrogen-bond acceptors (Lipinski definition) is 8. The third-order valence-corrected chi connectivity index (χ3v) is 9.52. The molecular weight excluding hydrogens is 640 g/mol. The SMILES string of the molecule is CCOC(=O)CN1[C@@H](c2ccccc2F)N(Cc2ccccc2NS(=O)(=O)c2ccc(C)cc2)[C@@H](C(=O)OCC)[C@H]1c1ccccc1F. The molecule has 12 heteroatoms. The number of nitrogens with zero attached hydrogens (tertiary/aromatic N) is 2. The van der Waals surface area contributed by atoms with Crippen LogP contribution in [0.2, 0.25) is 0 Å². The molecule has 1 aliphatic rings. The van der Waals surface area contributed by atoms with Gasteiger partial charge in [-0.25, -0.2) is 17.2 Å². The maximum absolute atomic E-state index is 15.8. The zero-order chi connectivity index (χ0) is 34.4. The highest BCUT2D eigenvalue weighted by atomic mass is 32.2. The van der Waals surface area contributed by atoms with Crippen LogP contribution in [-0.4, -0.2) is 56.0 Å². The first kappa shape index (κ1) is 34.7. The topological polar surface area (TPSA) is 105 Å². The summed E-state index contributed by atoms with van der Waals surface area (Å²) in [5.41, 5.74) is 1.77. The Morgan fingerprint density at radius 1 is 0.771 bits per heavy atom. The normalized spacial score (nSPS) is 18.4. The van der Waals surface area contributed by atoms with Gasteiger partial charge in [0.05, 0.1) is 42.5 Å². The third kappa shape index (κ3) is 7.40. The molecule has 48 heavy (non-hydrogen) atoms. The number of anilines is 1. The molecular formula is C36H37F2N3O6S. The maximum atomic E-state index is 15.8. The monoisotopic (exact) mass is 677 g/mol. The number of carbonyl (C=O) groups is 2. The minimum atomic E-state index is -4.03. The lowest BCUT2D eigenvalue weighted by Crippen LogP contribution is -2.41. The fourth-order valence-electron chi connectivity index (χ4n) is 6.06. The summed E-state index contributed by atoms with van der Waals surface area (Å²) in [7, 11) is -4.03. The maximum Gasteiger partial charge on any atom is 0.325 e. The van der Waals surface area contributed by atoms with Gasteiger partial charge >= 0.3 is 11.9 Å². The molecule has 4 aromatic carbocycles. The molecule has 1 fully saturated rings. The zero-order valence-electron chi connectivity index (χ0n) is 26.8. The van der Waals surface area contributed by atoms with Crippen molar-refractivity contribution in [3.05, 3.63) is 131 Å². The molecule has 0 aliphatic carbocycles. The first-order valence-corrected chi connectivity index (χ1v) is 17.0. The molecule has 0 unspecified atom stereocenters. The molecule has 0 bridgehead atoms. The summed E-state index contributed by atoms with van der Waals surface area (Å²) in [5, 5.41) is 0. The van der Waals surface area contributed by atoms with Crippen molar-refractivity contribution in [2.45, 2.75) is 50.5 Å². The first-order valence-electron chi connectivity index (χ1n) is 15.6. The standard InChI is InChI=1S/C36H37F2N3O6S/c1-4-46-32(42)23-41-33(27-13-7-9-15-29(27)37)34(36(43)47-5-2)40(35(41)28-14-8-10-16-30(28)38)22-25-12-6-11-17-31(25)39-48(44,45)26-20-18-24(3)19-21-26/h6-21,33-35,39H,4-5,22-23H2,1-3H3/t33-,34-,35+/m1/s1. The van der Waals surface area contributed by atoms with E-state index in [0.717, 1.165) is 5.56 Å². The van der Waals surface area contributed by atoms with E-state index in [9.17, 15) is 18.0 Å². The molecule has 0 aromatic heterocycles. The summed E-state index contributed by atoms with van der Waals surface area (Å²) in [4.78, 5) is 30.3. The molecule has 5 rings (SSSR count). The van der Waals surface area contributed by atoms with Gasteiger partial charge in [0.15, 0.2) is 0 Å². The van der Waals surface area contributed by atoms with E-state index < -0.39 is 58.4 Å². The van der Waals surface area contributed by atoms with E-state index in [1.807, 2.05) is 6.92 Å². The van der Waals surface area contributed by atoms with Crippen molar-refractivity contribution in [2.75, 3.05) is 24.5 Å². The Morgan fingerprint density at radius 3 is 1.98 bits per heavy atom. The summed E-state index contributed by atoms with van der Waals surface area (Å²) in [6, 6.07) is 22.4. The molecule has 9 nitrogen and oxygen atoms in total. The number of carbonyl (C=O) groups excluding carboxylic acids is 2. The molecule has 252 valence electrons. The van der Waals surface area contributed by atoms with Gasteiger partial charge in [-0.1, -0.05) is 72.3 Å². The lowest BCUT2D eigenvalue weighted by Gasteiger charge is -2.32. The lowest BCUT2D eigenvalue weighted by molar-refractivity contribution is -0.150. The fourth-order valence-corrected chi connectivity index (χ4v) is 7.16. The predicted octanol–water partition coefficient (Wildman–Crippen LogP) is 6.13. The average Bonchev–Trinajstić information content (AvgIpc) is 3.35. The second-order valence-corrected chi connectivity index (χ2v) is 13.0. The van der Waals surface area contributed by atoms with Crippen molar-refractivity contribution >= 4 is 27.6 Å². The number of hydrogen-bond donors (Lipinski definition) is 1. The number of nitrogens with one attached hydrogen (secondary N) is 1. The van der Waals surface area contributed by atoms with Crippen LogP contribution in [0.5, 0.6) is 0 Å². The van der Waals surface area contributed by atoms with Gasteiger partial charge in [0.25, 0.3) is 10.0 Å². The minimum Gasteiger partial charge on any atom is -0.465 e. The highest BCUT2D eigenvalue weighted by molar-refractivity contribution is 7.92. The zero-order valence-corrected chi connectivity index (χ0v) is 27.6. The predicted molar refractivity (Wildman–Crippen MR) is 176 cm³/mol. The van der Waals surface area contributed by atoms with E-state index in [0.29, 0.717) is 5.56 Å². The smallest absolute Gasteiger partial charge is 0.325 e. The van der Waals surface area contributed by atoms with Crippen molar-refractivity contribution in [1.29, 1.82) is 0 Å². The second-order valence-electron chi connectivity index (χ2n) is 11.3. The number of halogens is 2. The number of para-hydroxylation sites is 1. The van der Waals surface area contributed by atoms with Crippen LogP contribution in [0.1, 0.15) is 48.3 Å². The molecule has 1 N–H and O–H groups in total. The lowest BCUT2D eigenvalue weighted by atomic mass is 9.97. The summed E-state index contributed by atoms with van der Waals surface area (Å²) in [6.07, 6.45) is -1.11. The van der Waals surface area contributed by atoms with Crippen LogP contribution in [-0.2, 0) is 35.6 Å². The second kappa shape index (κ2) is 15.1. The van der Waals surface area contributed by atoms with Crippen molar-refractivity contribution in [3.8, 4) is 0 Å². The van der Waals surface area contributed by atoms with E-state index in [4.69, 9.17) is 9.47 Å². The molecule has 0 radical (unpaired) electrons. The van der Waals surface area contributed by atoms with Gasteiger partial charge in [0.1, 0.15) is 17.7 Å². The van der Waals surface area contributed by atoms with Crippen LogP contribution in [0.4, 0.5) is 14.5 Å². The molecule has 1 heterocycles.